The zero-order valence-corrected chi connectivity index (χ0v) is 13.5. The maximum absolute atomic E-state index is 13.0. The third-order valence-electron chi connectivity index (χ3n) is 5.03. The lowest BCUT2D eigenvalue weighted by Gasteiger charge is -2.21. The number of hydrogen-bond donors (Lipinski definition) is 3. The van der Waals surface area contributed by atoms with E-state index in [2.05, 4.69) is 26.1 Å². The number of H-pyrrole nitrogens is 2. The summed E-state index contributed by atoms with van der Waals surface area (Å²) >= 11 is 0. The van der Waals surface area contributed by atoms with Crippen LogP contribution in [0.1, 0.15) is 31.7 Å². The lowest BCUT2D eigenvalue weighted by molar-refractivity contribution is 0.169. The molecule has 3 aromatic rings. The molecule has 0 saturated heterocycles. The predicted molar refractivity (Wildman–Crippen MR) is 90.6 cm³/mol. The van der Waals surface area contributed by atoms with Crippen molar-refractivity contribution in [2.45, 2.75) is 37.8 Å². The lowest BCUT2D eigenvalue weighted by atomic mass is 9.96. The zero-order valence-electron chi connectivity index (χ0n) is 13.5. The summed E-state index contributed by atoms with van der Waals surface area (Å²) in [5, 5.41) is 22.8. The highest BCUT2D eigenvalue weighted by Gasteiger charge is 2.32. The second-order valence-corrected chi connectivity index (χ2v) is 6.48. The monoisotopic (exact) mass is 338 g/mol. The van der Waals surface area contributed by atoms with Gasteiger partial charge in [0.25, 0.3) is 5.56 Å². The molecular weight excluding hydrogens is 320 g/mol. The summed E-state index contributed by atoms with van der Waals surface area (Å²) in [6.07, 6.45) is 6.82. The van der Waals surface area contributed by atoms with Gasteiger partial charge < -0.3 is 15.2 Å². The molecule has 1 saturated carbocycles. The van der Waals surface area contributed by atoms with E-state index in [0.29, 0.717) is 29.7 Å². The molecular formula is C17H18N6O2. The van der Waals surface area contributed by atoms with Gasteiger partial charge in [-0.05, 0) is 31.2 Å². The highest BCUT2D eigenvalue weighted by atomic mass is 16.3. The van der Waals surface area contributed by atoms with Gasteiger partial charge in [-0.3, -0.25) is 4.79 Å². The van der Waals surface area contributed by atoms with Gasteiger partial charge in [0.1, 0.15) is 12.0 Å². The van der Waals surface area contributed by atoms with Crippen LogP contribution in [0.3, 0.4) is 0 Å². The normalized spacial score (nSPS) is 21.4. The number of aromatic nitrogens is 5. The fraction of sp³-hybridized carbons (Fsp3) is 0.412. The van der Waals surface area contributed by atoms with E-state index in [1.165, 1.54) is 11.0 Å². The average molecular weight is 338 g/mol. The fourth-order valence-electron chi connectivity index (χ4n) is 3.79. The van der Waals surface area contributed by atoms with Crippen molar-refractivity contribution in [1.82, 2.24) is 24.7 Å². The first-order valence-electron chi connectivity index (χ1n) is 8.32. The Morgan fingerprint density at radius 3 is 3.08 bits per heavy atom. The van der Waals surface area contributed by atoms with Gasteiger partial charge in [0.2, 0.25) is 0 Å². The predicted octanol–water partition coefficient (Wildman–Crippen LogP) is 1.73. The first kappa shape index (κ1) is 15.6. The van der Waals surface area contributed by atoms with Crippen LogP contribution in [0.2, 0.25) is 0 Å². The van der Waals surface area contributed by atoms with E-state index in [0.717, 1.165) is 11.8 Å². The number of aromatic amines is 2. The van der Waals surface area contributed by atoms with Crippen LogP contribution < -0.4 is 5.56 Å². The summed E-state index contributed by atoms with van der Waals surface area (Å²) in [4.78, 5) is 24.4. The third-order valence-corrected chi connectivity index (χ3v) is 5.03. The molecule has 0 amide bonds. The number of aliphatic hydroxyl groups is 1. The number of hydrogen-bond acceptors (Lipinski definition) is 5. The highest BCUT2D eigenvalue weighted by Crippen LogP contribution is 2.35. The molecule has 3 N–H and O–H groups in total. The van der Waals surface area contributed by atoms with Crippen LogP contribution >= 0.6 is 0 Å². The van der Waals surface area contributed by atoms with Gasteiger partial charge in [-0.25, -0.2) is 14.6 Å². The van der Waals surface area contributed by atoms with Crippen molar-refractivity contribution in [3.05, 3.63) is 35.1 Å². The van der Waals surface area contributed by atoms with Gasteiger partial charge in [0.05, 0.1) is 35.9 Å². The Balaban J connectivity index is 1.77. The maximum Gasteiger partial charge on any atom is 0.276 e. The first-order valence-corrected chi connectivity index (χ1v) is 8.32. The number of aliphatic hydroxyl groups excluding tert-OH is 1. The van der Waals surface area contributed by atoms with E-state index in [1.807, 2.05) is 6.07 Å². The maximum atomic E-state index is 13.0. The Hall–Kier alpha value is -2.92. The van der Waals surface area contributed by atoms with Gasteiger partial charge >= 0.3 is 0 Å². The molecule has 3 unspecified atom stereocenters. The Bertz CT molecular complexity index is 994. The van der Waals surface area contributed by atoms with Crippen LogP contribution in [-0.4, -0.2) is 35.9 Å². The van der Waals surface area contributed by atoms with Crippen LogP contribution in [-0.2, 0) is 0 Å². The minimum atomic E-state index is -0.349. The molecule has 4 rings (SSSR count). The summed E-state index contributed by atoms with van der Waals surface area (Å²) in [6, 6.07) is 3.73. The number of nitrogens with zero attached hydrogens (tertiary/aromatic N) is 4. The van der Waals surface area contributed by atoms with Crippen molar-refractivity contribution >= 4 is 11.0 Å². The Morgan fingerprint density at radius 1 is 1.44 bits per heavy atom. The number of fused-ring (bicyclic) bond motifs is 1. The fourth-order valence-corrected chi connectivity index (χ4v) is 3.79. The minimum absolute atomic E-state index is 0.108. The molecule has 0 bridgehead atoms. The van der Waals surface area contributed by atoms with E-state index >= 15 is 0 Å². The molecule has 1 fully saturated rings. The molecule has 0 spiro atoms. The molecule has 3 atom stereocenters. The summed E-state index contributed by atoms with van der Waals surface area (Å²) in [7, 11) is 0. The Labute approximate surface area is 143 Å². The third kappa shape index (κ3) is 2.62. The molecule has 128 valence electrons. The molecule has 0 aromatic carbocycles. The second kappa shape index (κ2) is 6.18. The Kier molecular flexibility index (Phi) is 3.86. The van der Waals surface area contributed by atoms with Gasteiger partial charge in [-0.15, -0.1) is 0 Å². The van der Waals surface area contributed by atoms with Crippen molar-refractivity contribution in [1.29, 1.82) is 5.26 Å². The van der Waals surface area contributed by atoms with Crippen LogP contribution in [0.25, 0.3) is 22.3 Å². The van der Waals surface area contributed by atoms with Crippen LogP contribution in [0.4, 0.5) is 0 Å². The summed E-state index contributed by atoms with van der Waals surface area (Å²) in [5.74, 6) is 0.108. The van der Waals surface area contributed by atoms with Crippen LogP contribution in [0, 0.1) is 17.2 Å². The summed E-state index contributed by atoms with van der Waals surface area (Å²) < 4.78 is 1.52. The molecule has 3 aromatic heterocycles. The molecule has 0 aliphatic heterocycles. The largest absolute Gasteiger partial charge is 0.393 e. The van der Waals surface area contributed by atoms with E-state index < -0.39 is 0 Å². The van der Waals surface area contributed by atoms with Crippen molar-refractivity contribution < 1.29 is 5.11 Å². The number of nitriles is 1. The summed E-state index contributed by atoms with van der Waals surface area (Å²) in [6.45, 7) is 0. The molecule has 8 nitrogen and oxygen atoms in total. The SMILES string of the molecule is N#CCC(C1CCC(O)C1)n1[nH]cc(-c2ncnc3[nH]ccc23)c1=O. The molecule has 1 aliphatic carbocycles. The molecule has 25 heavy (non-hydrogen) atoms. The second-order valence-electron chi connectivity index (χ2n) is 6.48. The quantitative estimate of drug-likeness (QED) is 0.668. The van der Waals surface area contributed by atoms with Gasteiger partial charge in [-0.2, -0.15) is 5.26 Å². The molecule has 8 heteroatoms. The van der Waals surface area contributed by atoms with Crippen molar-refractivity contribution in [2.24, 2.45) is 5.92 Å². The first-order chi connectivity index (χ1) is 12.2. The van der Waals surface area contributed by atoms with E-state index in [4.69, 9.17) is 0 Å². The van der Waals surface area contributed by atoms with Crippen molar-refractivity contribution in [3.63, 3.8) is 0 Å². The summed E-state index contributed by atoms with van der Waals surface area (Å²) in [5.41, 5.74) is 1.48. The molecule has 3 heterocycles. The van der Waals surface area contributed by atoms with Gasteiger partial charge in [0, 0.05) is 17.8 Å². The van der Waals surface area contributed by atoms with Gasteiger partial charge in [0.15, 0.2) is 0 Å². The topological polar surface area (TPSA) is 123 Å². The van der Waals surface area contributed by atoms with Crippen LogP contribution in [0.5, 0.6) is 0 Å². The standard InChI is InChI=1S/C17H18N6O2/c18-5-3-14(10-1-2-11(24)7-10)23-17(25)13(8-22-23)15-12-4-6-19-16(12)21-9-20-15/h4,6,8-11,14,22,24H,1-3,7H2,(H,19,20,21). The van der Waals surface area contributed by atoms with Crippen LogP contribution in [0.15, 0.2) is 29.6 Å². The Morgan fingerprint density at radius 2 is 2.32 bits per heavy atom. The van der Waals surface area contributed by atoms with E-state index in [-0.39, 0.29) is 30.0 Å². The number of rotatable bonds is 4. The zero-order chi connectivity index (χ0) is 17.4. The van der Waals surface area contributed by atoms with Crippen molar-refractivity contribution in [2.75, 3.05) is 0 Å². The highest BCUT2D eigenvalue weighted by molar-refractivity contribution is 5.89. The van der Waals surface area contributed by atoms with E-state index in [9.17, 15) is 15.2 Å². The van der Waals surface area contributed by atoms with E-state index in [1.54, 1.807) is 12.4 Å². The smallest absolute Gasteiger partial charge is 0.276 e. The minimum Gasteiger partial charge on any atom is -0.393 e. The molecule has 1 aliphatic rings. The average Bonchev–Trinajstić information content (AvgIpc) is 3.32. The molecule has 0 radical (unpaired) electrons. The lowest BCUT2D eigenvalue weighted by Crippen LogP contribution is -2.28. The van der Waals surface area contributed by atoms with Crippen molar-refractivity contribution in [3.8, 4) is 17.3 Å². The van der Waals surface area contributed by atoms with Gasteiger partial charge in [-0.1, -0.05) is 0 Å². The number of nitrogens with one attached hydrogen (secondary N) is 2.